The third-order valence-corrected chi connectivity index (χ3v) is 6.67. The number of alkyl halides is 3. The van der Waals surface area contributed by atoms with Gasteiger partial charge in [-0.05, 0) is 31.7 Å². The lowest BCUT2D eigenvalue weighted by Gasteiger charge is -2.34. The molecule has 0 aliphatic rings. The van der Waals surface area contributed by atoms with Gasteiger partial charge in [-0.2, -0.15) is 13.2 Å². The Morgan fingerprint density at radius 2 is 1.18 bits per heavy atom. The van der Waals surface area contributed by atoms with Crippen molar-refractivity contribution < 1.29 is 47.4 Å². The Labute approximate surface area is 266 Å². The largest absolute Gasteiger partial charge is 0.490 e. The molecule has 45 heavy (non-hydrogen) atoms. The minimum Gasteiger partial charge on any atom is -0.480 e. The van der Waals surface area contributed by atoms with Crippen LogP contribution >= 0.6 is 0 Å². The molecule has 15 heteroatoms. The monoisotopic (exact) mass is 657 g/mol. The molecule has 2 unspecified atom stereocenters. The smallest absolute Gasteiger partial charge is 0.480 e. The zero-order valence-corrected chi connectivity index (χ0v) is 27.5. The number of carboxylic acids is 2. The second-order valence-electron chi connectivity index (χ2n) is 11.1. The van der Waals surface area contributed by atoms with Gasteiger partial charge in [0.1, 0.15) is 12.1 Å². The van der Waals surface area contributed by atoms with Crippen LogP contribution in [0.15, 0.2) is 0 Å². The Bertz CT molecular complexity index is 826. The van der Waals surface area contributed by atoms with Gasteiger partial charge in [-0.3, -0.25) is 9.59 Å². The third kappa shape index (κ3) is 28.1. The van der Waals surface area contributed by atoms with Crippen molar-refractivity contribution >= 4 is 29.8 Å². The van der Waals surface area contributed by atoms with E-state index in [0.29, 0.717) is 32.4 Å². The average Bonchev–Trinajstić information content (AvgIpc) is 2.93. The van der Waals surface area contributed by atoms with E-state index < -0.39 is 36.2 Å². The number of nitrogens with zero attached hydrogens (tertiary/aromatic N) is 1. The van der Waals surface area contributed by atoms with E-state index in [1.807, 2.05) is 13.8 Å². The van der Waals surface area contributed by atoms with Gasteiger partial charge in [0, 0.05) is 13.0 Å². The van der Waals surface area contributed by atoms with Crippen LogP contribution in [0, 0.1) is 5.92 Å². The van der Waals surface area contributed by atoms with Gasteiger partial charge in [-0.1, -0.05) is 98.3 Å². The minimum absolute atomic E-state index is 0.0780. The number of amides is 4. The minimum atomic E-state index is -5.08. The fraction of sp³-hybridized carbons (Fsp3) is 0.833. The normalized spacial score (nSPS) is 12.1. The lowest BCUT2D eigenvalue weighted by atomic mass is 9.99. The number of nitrogens with one attached hydrogen (secondary N) is 1. The number of primary amides is 2. The number of carboxylic acid groups (broad SMARTS) is 2. The molecule has 0 rings (SSSR count). The molecule has 266 valence electrons. The first-order valence-electron chi connectivity index (χ1n) is 15.8. The molecule has 9 N–H and O–H groups in total. The molecule has 0 radical (unpaired) electrons. The summed E-state index contributed by atoms with van der Waals surface area (Å²) in [6, 6.07) is -2.45. The molecule has 0 aromatic carbocycles. The van der Waals surface area contributed by atoms with Crippen molar-refractivity contribution in [3.05, 3.63) is 0 Å². The van der Waals surface area contributed by atoms with Gasteiger partial charge < -0.3 is 37.6 Å². The van der Waals surface area contributed by atoms with Crippen molar-refractivity contribution in [3.8, 4) is 0 Å². The van der Waals surface area contributed by atoms with Crippen LogP contribution < -0.4 is 22.5 Å². The quantitative estimate of drug-likeness (QED) is 0.0876. The molecule has 0 aliphatic heterocycles. The van der Waals surface area contributed by atoms with E-state index in [2.05, 4.69) is 23.7 Å². The number of hydrogen-bond acceptors (Lipinski definition) is 6. The molecular formula is C30H58F3N5O7. The van der Waals surface area contributed by atoms with Crippen LogP contribution in [0.25, 0.3) is 0 Å². The van der Waals surface area contributed by atoms with E-state index in [9.17, 15) is 32.7 Å². The number of carbonyl (C=O) groups excluding carboxylic acids is 3. The predicted molar refractivity (Wildman–Crippen MR) is 167 cm³/mol. The van der Waals surface area contributed by atoms with Crippen LogP contribution in [-0.2, 0) is 19.2 Å². The Hall–Kier alpha value is -3.10. The number of hydrogen-bond donors (Lipinski definition) is 6. The highest BCUT2D eigenvalue weighted by Gasteiger charge is 2.38. The van der Waals surface area contributed by atoms with E-state index in [1.165, 1.54) is 57.8 Å². The molecular weight excluding hydrogens is 599 g/mol. The molecule has 0 saturated heterocycles. The van der Waals surface area contributed by atoms with Crippen LogP contribution in [0.1, 0.15) is 124 Å². The van der Waals surface area contributed by atoms with E-state index >= 15 is 0 Å². The van der Waals surface area contributed by atoms with E-state index in [-0.39, 0.29) is 17.7 Å². The predicted octanol–water partition coefficient (Wildman–Crippen LogP) is 4.92. The summed E-state index contributed by atoms with van der Waals surface area (Å²) in [6.45, 7) is 8.71. The van der Waals surface area contributed by atoms with Crippen molar-refractivity contribution in [2.24, 2.45) is 23.1 Å². The highest BCUT2D eigenvalue weighted by atomic mass is 19.4. The number of halogens is 3. The molecule has 0 aliphatic carbocycles. The molecule has 4 amide bonds. The van der Waals surface area contributed by atoms with Gasteiger partial charge in [0.2, 0.25) is 11.8 Å². The van der Waals surface area contributed by atoms with Crippen LogP contribution in [0.3, 0.4) is 0 Å². The standard InChI is InChI=1S/C27H53N3O4.C2HF3O2.CH4N2O/c1-5-7-8-9-10-11-12-13-14-15-16-17-21-30(24(31)19-18-20-28)25(22(3)4)26(32)29-23(6-2)27(33)34;3-2(4,5)1(6)7;2-1(3)4/h22-23,25H,5-21,28H2,1-4H3,(H,29,32)(H,33,34);(H,6,7);(H4,2,3,4). The molecule has 0 saturated carbocycles. The maximum absolute atomic E-state index is 13.0. The summed E-state index contributed by atoms with van der Waals surface area (Å²) < 4.78 is 31.7. The maximum Gasteiger partial charge on any atom is 0.490 e. The summed E-state index contributed by atoms with van der Waals surface area (Å²) in [5.41, 5.74) is 14.1. The van der Waals surface area contributed by atoms with Gasteiger partial charge in [0.05, 0.1) is 0 Å². The molecule has 0 aromatic rings. The Kier molecular flexibility index (Phi) is 29.2. The molecule has 0 fully saturated rings. The van der Waals surface area contributed by atoms with Crippen molar-refractivity contribution in [1.82, 2.24) is 10.2 Å². The van der Waals surface area contributed by atoms with Crippen molar-refractivity contribution in [1.29, 1.82) is 0 Å². The van der Waals surface area contributed by atoms with Crippen molar-refractivity contribution in [2.75, 3.05) is 13.1 Å². The Morgan fingerprint density at radius 3 is 1.49 bits per heavy atom. The van der Waals surface area contributed by atoms with Crippen molar-refractivity contribution in [3.63, 3.8) is 0 Å². The lowest BCUT2D eigenvalue weighted by molar-refractivity contribution is -0.192. The molecule has 0 spiro atoms. The summed E-state index contributed by atoms with van der Waals surface area (Å²) in [6.07, 6.45) is 10.9. The molecule has 12 nitrogen and oxygen atoms in total. The average molecular weight is 658 g/mol. The fourth-order valence-corrected chi connectivity index (χ4v) is 4.34. The van der Waals surface area contributed by atoms with Gasteiger partial charge in [-0.15, -0.1) is 0 Å². The van der Waals surface area contributed by atoms with Crippen LogP contribution in [-0.4, -0.2) is 76.2 Å². The van der Waals surface area contributed by atoms with Gasteiger partial charge in [-0.25, -0.2) is 14.4 Å². The first kappa shape index (κ1) is 46.3. The second kappa shape index (κ2) is 28.4. The number of aliphatic carboxylic acids is 2. The second-order valence-corrected chi connectivity index (χ2v) is 11.1. The molecule has 0 aromatic heterocycles. The summed E-state index contributed by atoms with van der Waals surface area (Å²) in [5.74, 6) is -4.40. The zero-order chi connectivity index (χ0) is 35.4. The van der Waals surface area contributed by atoms with Gasteiger partial charge in [0.25, 0.3) is 0 Å². The highest BCUT2D eigenvalue weighted by Crippen LogP contribution is 2.17. The Morgan fingerprint density at radius 1 is 0.778 bits per heavy atom. The van der Waals surface area contributed by atoms with Gasteiger partial charge >= 0.3 is 24.1 Å². The highest BCUT2D eigenvalue weighted by molar-refractivity contribution is 5.90. The lowest BCUT2D eigenvalue weighted by Crippen LogP contribution is -2.55. The van der Waals surface area contributed by atoms with Gasteiger partial charge in [0.15, 0.2) is 0 Å². The number of nitrogens with two attached hydrogens (primary N) is 3. The summed E-state index contributed by atoms with van der Waals surface area (Å²) in [7, 11) is 0. The summed E-state index contributed by atoms with van der Waals surface area (Å²) in [5, 5.41) is 19.1. The number of carbonyl (C=O) groups is 5. The number of urea groups is 1. The van der Waals surface area contributed by atoms with Crippen molar-refractivity contribution in [2.45, 2.75) is 142 Å². The van der Waals surface area contributed by atoms with Crippen LogP contribution in [0.5, 0.6) is 0 Å². The van der Waals surface area contributed by atoms with E-state index in [1.54, 1.807) is 11.8 Å². The maximum atomic E-state index is 13.0. The SMILES string of the molecule is CCCCCCCCCCCCCCN(C(=O)CCCN)C(C(=O)NC(CC)C(=O)O)C(C)C.NC(N)=O.O=C(O)C(F)(F)F. The number of unbranched alkanes of at least 4 members (excludes halogenated alkanes) is 11. The number of rotatable bonds is 22. The summed E-state index contributed by atoms with van der Waals surface area (Å²) >= 11 is 0. The molecule has 0 heterocycles. The van der Waals surface area contributed by atoms with E-state index in [0.717, 1.165) is 19.3 Å². The topological polar surface area (TPSA) is 219 Å². The van der Waals surface area contributed by atoms with E-state index in [4.69, 9.17) is 20.4 Å². The molecule has 0 bridgehead atoms. The Balaban J connectivity index is -0.00000136. The fourth-order valence-electron chi connectivity index (χ4n) is 4.34. The first-order valence-corrected chi connectivity index (χ1v) is 15.8. The van der Waals surface area contributed by atoms with Crippen LogP contribution in [0.4, 0.5) is 18.0 Å². The third-order valence-electron chi connectivity index (χ3n) is 6.67. The zero-order valence-electron chi connectivity index (χ0n) is 27.5. The summed E-state index contributed by atoms with van der Waals surface area (Å²) in [4.78, 5) is 56.9. The van der Waals surface area contributed by atoms with Crippen LogP contribution in [0.2, 0.25) is 0 Å². The first-order chi connectivity index (χ1) is 21.0. The molecule has 2 atom stereocenters.